The molecule has 1 N–H and O–H groups in total. The molecule has 13 heterocycles. The number of nitrogens with zero attached hydrogens (tertiary/aromatic N) is 24. The first kappa shape index (κ1) is 97.9. The van der Waals surface area contributed by atoms with E-state index in [0.29, 0.717) is 91.2 Å². The van der Waals surface area contributed by atoms with Crippen molar-refractivity contribution in [1.82, 2.24) is 93.3 Å². The zero-order valence-electron chi connectivity index (χ0n) is 82.2. The number of nitrogens with one attached hydrogen (secondary N) is 1. The highest BCUT2D eigenvalue weighted by Crippen LogP contribution is 2.44. The zero-order valence-corrected chi connectivity index (χ0v) is 82.2. The molecule has 142 heavy (non-hydrogen) atoms. The molecule has 0 amide bonds. The van der Waals surface area contributed by atoms with Gasteiger partial charge in [0.25, 0.3) is 0 Å². The number of morpholine rings is 1. The van der Waals surface area contributed by atoms with Crippen molar-refractivity contribution in [2.45, 2.75) is 198 Å². The number of Topliss-reactive ketones (excluding diaryl/α,β-unsaturated/α-hetero) is 1. The lowest BCUT2D eigenvalue weighted by Gasteiger charge is -2.37. The Hall–Kier alpha value is -12.9. The Kier molecular flexibility index (Phi) is 31.1. The van der Waals surface area contributed by atoms with Crippen LogP contribution in [0.25, 0.3) is 17.1 Å². The summed E-state index contributed by atoms with van der Waals surface area (Å²) >= 11 is 0. The van der Waals surface area contributed by atoms with Crippen molar-refractivity contribution < 1.29 is 52.2 Å². The molecule has 0 radical (unpaired) electrons. The number of carbonyl (C=O) groups excluding carboxylic acids is 1. The van der Waals surface area contributed by atoms with E-state index in [4.69, 9.17) is 47.4 Å². The third-order valence-electron chi connectivity index (χ3n) is 29.2. The zero-order chi connectivity index (χ0) is 97.5. The van der Waals surface area contributed by atoms with E-state index in [9.17, 15) is 19.2 Å². The van der Waals surface area contributed by atoms with Crippen molar-refractivity contribution in [3.8, 4) is 34.3 Å². The van der Waals surface area contributed by atoms with Gasteiger partial charge in [0.2, 0.25) is 5.79 Å². The van der Waals surface area contributed by atoms with E-state index in [1.807, 2.05) is 100 Å². The summed E-state index contributed by atoms with van der Waals surface area (Å²) in [7, 11) is 0. The van der Waals surface area contributed by atoms with Gasteiger partial charge in [-0.2, -0.15) is 60.3 Å². The molecule has 12 aromatic rings. The lowest BCUT2D eigenvalue weighted by molar-refractivity contribution is -0.255. The van der Waals surface area contributed by atoms with Crippen LogP contribution in [0.3, 0.4) is 0 Å². The topological polar surface area (TPSA) is 352 Å². The first-order chi connectivity index (χ1) is 69.4. The Morgan fingerprint density at radius 2 is 0.648 bits per heavy atom. The normalized spacial score (nSPS) is 23.6. The van der Waals surface area contributed by atoms with Gasteiger partial charge in [-0.1, -0.05) is 40.0 Å². The highest BCUT2D eigenvalue weighted by molar-refractivity contribution is 5.79. The molecule has 2 saturated carbocycles. The number of benzene rings is 6. The SMILES string of the molecule is CCC(C)n1ncn(-c2ccc(N3CCN(c4ccc(OCC5COC(Cn6nccn6)(C6CCCC(=O)C6)O5)cc4)CC3)cc2)c1=O.CCC(C)n1ncn(-c2ccc(N3CCN(c4ccc(OCC5COC(Cn6nccn6)(C6CCCCC6)O5)cc4)CC3)cc2)c1=O.CCC(C)n1ncn(-c2ccc(N3CCN(c4ccc(OCC5COC(Cn6nccn6)(C6CNCCO6)O5)cc4)CC3)cc2)c1=O. The van der Waals surface area contributed by atoms with Crippen molar-refractivity contribution in [3.05, 3.63) is 233 Å². The first-order valence-electron chi connectivity index (χ1n) is 50.7. The van der Waals surface area contributed by atoms with Gasteiger partial charge in [0, 0.05) is 150 Å². The molecule has 21 rings (SSSR count). The molecule has 2 aliphatic carbocycles. The Morgan fingerprint density at radius 3 is 0.958 bits per heavy atom. The molecule has 39 nitrogen and oxygen atoms in total. The summed E-state index contributed by atoms with van der Waals surface area (Å²) in [6, 6.07) is 49.5. The van der Waals surface area contributed by atoms with Crippen LogP contribution in [-0.2, 0) is 57.6 Å². The van der Waals surface area contributed by atoms with Crippen LogP contribution in [0.15, 0.2) is 216 Å². The van der Waals surface area contributed by atoms with Gasteiger partial charge >= 0.3 is 17.1 Å². The van der Waals surface area contributed by atoms with Crippen LogP contribution in [0.5, 0.6) is 17.2 Å². The molecule has 11 unspecified atom stereocenters. The molecule has 0 bridgehead atoms. The summed E-state index contributed by atoms with van der Waals surface area (Å²) in [6.07, 6.45) is 25.1. The molecule has 0 spiro atoms. The van der Waals surface area contributed by atoms with Crippen LogP contribution >= 0.6 is 0 Å². The predicted octanol–water partition coefficient (Wildman–Crippen LogP) is 10.7. The van der Waals surface area contributed by atoms with E-state index in [1.165, 1.54) is 24.9 Å². The molecule has 754 valence electrons. The number of hydrogen-bond donors (Lipinski definition) is 1. The minimum atomic E-state index is -0.981. The van der Waals surface area contributed by atoms with Gasteiger partial charge < -0.3 is 82.1 Å². The highest BCUT2D eigenvalue weighted by Gasteiger charge is 2.53. The van der Waals surface area contributed by atoms with Gasteiger partial charge in [0.1, 0.15) is 106 Å². The van der Waals surface area contributed by atoms with Crippen molar-refractivity contribution in [1.29, 1.82) is 0 Å². The summed E-state index contributed by atoms with van der Waals surface area (Å²) in [6.45, 7) is 28.7. The number of carbonyl (C=O) groups is 1. The lowest BCUT2D eigenvalue weighted by Crippen LogP contribution is -2.56. The quantitative estimate of drug-likeness (QED) is 0.0399. The molecule has 11 atom stereocenters. The summed E-state index contributed by atoms with van der Waals surface area (Å²) in [5.74, 6) is 0.322. The van der Waals surface area contributed by atoms with Crippen LogP contribution < -0.4 is 66.0 Å². The minimum Gasteiger partial charge on any atom is -0.491 e. The van der Waals surface area contributed by atoms with Gasteiger partial charge in [-0.25, -0.2) is 42.1 Å². The maximum Gasteiger partial charge on any atom is 0.350 e. The minimum absolute atomic E-state index is 0.0368. The van der Waals surface area contributed by atoms with E-state index in [-0.39, 0.29) is 71.3 Å². The third kappa shape index (κ3) is 22.7. The van der Waals surface area contributed by atoms with Gasteiger partial charge in [0.15, 0.2) is 11.6 Å². The van der Waals surface area contributed by atoms with E-state index >= 15 is 0 Å². The van der Waals surface area contributed by atoms with Crippen molar-refractivity contribution in [3.63, 3.8) is 0 Å². The highest BCUT2D eigenvalue weighted by atomic mass is 16.8. The molecule has 9 fully saturated rings. The van der Waals surface area contributed by atoms with E-state index < -0.39 is 17.4 Å². The average Bonchev–Trinajstić information content (AvgIpc) is 1.64. The average molecular weight is 1950 g/mol. The Balaban J connectivity index is 0.000000135. The summed E-state index contributed by atoms with van der Waals surface area (Å²) in [5, 5.41) is 41.9. The number of hydrogen-bond acceptors (Lipinski definition) is 30. The van der Waals surface area contributed by atoms with Gasteiger partial charge in [-0.3, -0.25) is 4.79 Å². The maximum absolute atomic E-state index is 12.8. The maximum atomic E-state index is 12.8. The fourth-order valence-electron chi connectivity index (χ4n) is 20.4. The molecule has 39 heteroatoms. The van der Waals surface area contributed by atoms with E-state index in [1.54, 1.807) is 98.3 Å². The van der Waals surface area contributed by atoms with E-state index in [2.05, 4.69) is 167 Å². The van der Waals surface area contributed by atoms with Crippen molar-refractivity contribution in [2.24, 2.45) is 11.8 Å². The molecule has 9 aliphatic rings. The number of ether oxygens (including phenoxy) is 10. The van der Waals surface area contributed by atoms with Gasteiger partial charge in [-0.05, 0) is 211 Å². The molecular formula is C103H133N25O14. The Morgan fingerprint density at radius 1 is 0.359 bits per heavy atom. The van der Waals surface area contributed by atoms with Crippen molar-refractivity contribution >= 4 is 39.9 Å². The summed E-state index contributed by atoms with van der Waals surface area (Å²) in [4.78, 5) is 69.8. The number of ketones is 1. The van der Waals surface area contributed by atoms with Crippen LogP contribution in [0.1, 0.15) is 137 Å². The Labute approximate surface area is 825 Å². The second kappa shape index (κ2) is 45.2. The predicted molar refractivity (Wildman–Crippen MR) is 534 cm³/mol. The molecule has 7 aliphatic heterocycles. The van der Waals surface area contributed by atoms with Crippen LogP contribution in [0, 0.1) is 11.8 Å². The first-order valence-corrected chi connectivity index (χ1v) is 50.7. The number of anilines is 6. The molecule has 7 saturated heterocycles. The molecule has 6 aromatic carbocycles. The van der Waals surface area contributed by atoms with Crippen LogP contribution in [0.2, 0.25) is 0 Å². The fraction of sp³-hybridized carbons (Fsp3) is 0.524. The van der Waals surface area contributed by atoms with Gasteiger partial charge in [-0.15, -0.1) is 0 Å². The smallest absolute Gasteiger partial charge is 0.350 e. The number of aromatic nitrogens is 18. The second-order valence-corrected chi connectivity index (χ2v) is 38.3. The summed E-state index contributed by atoms with van der Waals surface area (Å²) in [5.41, 5.74) is 9.10. The monoisotopic (exact) mass is 1940 g/mol. The largest absolute Gasteiger partial charge is 0.491 e. The number of rotatable bonds is 33. The van der Waals surface area contributed by atoms with E-state index in [0.717, 1.165) is 193 Å². The fourth-order valence-corrected chi connectivity index (χ4v) is 20.4. The molecular weight excluding hydrogens is 1810 g/mol. The van der Waals surface area contributed by atoms with Crippen molar-refractivity contribution in [2.75, 3.05) is 167 Å². The van der Waals surface area contributed by atoms with Gasteiger partial charge in [0.05, 0.1) is 98.8 Å². The second-order valence-electron chi connectivity index (χ2n) is 38.3. The summed E-state index contributed by atoms with van der Waals surface area (Å²) < 4.78 is 72.5. The molecule has 6 aromatic heterocycles. The standard InChI is InChI=1S/C35H44N8O5.C35H46N8O4.C33H43N9O5/c1-3-26(2)43-34(45)41(25-38-43)30-9-7-28(8-10-30)39-17-19-40(20-18-39)29-11-13-32(14-12-29)46-22-33-23-47-35(48-33,24-42-36-15-16-37-42)27-5-4-6-31(44)21-27;1-3-27(2)43-34(44)41(26-38-43)31-11-9-29(10-12-31)39-19-21-40(22-20-39)30-13-15-32(16-14-30)45-23-33-24-46-35(47-33,25-42-36-17-18-37-42)28-7-5-4-6-8-28;1-3-25(2)42-32(43)40(24-37-42)28-6-4-26(5-7-28)38-15-17-39(18-16-38)27-8-10-29(11-9-27)45-21-30-22-46-33(47-30,23-41-35-12-13-36-41)31-20-34-14-19-44-31/h7-16,25-27,33H,3-6,17-24H2,1-2H3;9-18,26-28,33H,3-8,19-25H2,1-2H3;4-13,24-25,30-31,34H,3,14-23H2,1-2H3. The number of piperazine rings is 3. The Bertz CT molecular complexity index is 5900. The lowest BCUT2D eigenvalue weighted by atomic mass is 9.82. The van der Waals surface area contributed by atoms with Crippen LogP contribution in [0.4, 0.5) is 34.1 Å². The third-order valence-corrected chi connectivity index (χ3v) is 29.2. The van der Waals surface area contributed by atoms with Crippen LogP contribution in [-0.4, -0.2) is 273 Å².